The van der Waals surface area contributed by atoms with E-state index in [0.717, 1.165) is 83.7 Å². The van der Waals surface area contributed by atoms with Crippen LogP contribution in [-0.4, -0.2) is 44.9 Å². The summed E-state index contributed by atoms with van der Waals surface area (Å²) in [6, 6.07) is 67.7. The van der Waals surface area contributed by atoms with Crippen LogP contribution >= 0.6 is 0 Å². The van der Waals surface area contributed by atoms with Crippen molar-refractivity contribution in [2.45, 2.75) is 13.8 Å². The van der Waals surface area contributed by atoms with E-state index >= 15 is 0 Å². The van der Waals surface area contributed by atoms with Gasteiger partial charge in [0.2, 0.25) is 0 Å². The van der Waals surface area contributed by atoms with E-state index in [1.165, 1.54) is 0 Å². The average molecular weight is 876 g/mol. The van der Waals surface area contributed by atoms with Crippen molar-refractivity contribution in [3.8, 4) is 113 Å². The molecular formula is C59H41N9. The maximum Gasteiger partial charge on any atom is 0.164 e. The Morgan fingerprint density at radius 3 is 1.13 bits per heavy atom. The van der Waals surface area contributed by atoms with Crippen molar-refractivity contribution in [2.75, 3.05) is 0 Å². The topological polar surface area (TPSA) is 116 Å². The van der Waals surface area contributed by atoms with Gasteiger partial charge in [0, 0.05) is 57.0 Å². The zero-order chi connectivity index (χ0) is 45.8. The first kappa shape index (κ1) is 41.5. The highest BCUT2D eigenvalue weighted by Crippen LogP contribution is 2.37. The second-order valence-electron chi connectivity index (χ2n) is 16.4. The van der Waals surface area contributed by atoms with E-state index in [4.69, 9.17) is 34.9 Å². The molecule has 322 valence electrons. The van der Waals surface area contributed by atoms with Gasteiger partial charge >= 0.3 is 0 Å². The van der Waals surface area contributed by atoms with Crippen LogP contribution in [0, 0.1) is 13.8 Å². The van der Waals surface area contributed by atoms with Crippen LogP contribution in [0.4, 0.5) is 0 Å². The first-order valence-electron chi connectivity index (χ1n) is 22.3. The van der Waals surface area contributed by atoms with Gasteiger partial charge < -0.3 is 0 Å². The molecule has 4 heterocycles. The summed E-state index contributed by atoms with van der Waals surface area (Å²) in [6.45, 7) is 3.94. The maximum atomic E-state index is 5.07. The van der Waals surface area contributed by atoms with E-state index in [9.17, 15) is 0 Å². The normalized spacial score (nSPS) is 11.1. The highest BCUT2D eigenvalue weighted by Gasteiger charge is 2.17. The third kappa shape index (κ3) is 8.79. The SMILES string of the molecule is Cc1cc(-c2cc(-c3ccc(-c4nc(-c5ccccc5)nc(-c5ccccc5)n4)cc3)ccc2-c2ccc(-c3nc(-c4ccccc4)nc(-c4cccc(-c5ccncc5)c4)n3)cc2)nc(C)n1. The second kappa shape index (κ2) is 18.3. The number of benzene rings is 7. The molecule has 9 nitrogen and oxygen atoms in total. The van der Waals surface area contributed by atoms with Gasteiger partial charge in [-0.25, -0.2) is 39.9 Å². The van der Waals surface area contributed by atoms with Crippen LogP contribution in [0.25, 0.3) is 113 Å². The number of rotatable bonds is 10. The van der Waals surface area contributed by atoms with Crippen LogP contribution in [0.2, 0.25) is 0 Å². The molecular weight excluding hydrogens is 835 g/mol. The van der Waals surface area contributed by atoms with Crippen molar-refractivity contribution in [3.05, 3.63) is 224 Å². The molecule has 0 aliphatic heterocycles. The molecule has 0 spiro atoms. The molecule has 68 heavy (non-hydrogen) atoms. The molecule has 4 aromatic heterocycles. The van der Waals surface area contributed by atoms with Crippen molar-refractivity contribution in [2.24, 2.45) is 0 Å². The molecule has 0 aliphatic rings. The summed E-state index contributed by atoms with van der Waals surface area (Å²) >= 11 is 0. The van der Waals surface area contributed by atoms with Crippen LogP contribution in [0.5, 0.6) is 0 Å². The van der Waals surface area contributed by atoms with Gasteiger partial charge in [-0.3, -0.25) is 4.98 Å². The number of aryl methyl sites for hydroxylation is 2. The van der Waals surface area contributed by atoms with E-state index in [2.05, 4.69) is 88.8 Å². The minimum atomic E-state index is 0.584. The lowest BCUT2D eigenvalue weighted by atomic mass is 9.92. The molecule has 0 bridgehead atoms. The first-order chi connectivity index (χ1) is 33.5. The van der Waals surface area contributed by atoms with Crippen molar-refractivity contribution in [1.29, 1.82) is 0 Å². The summed E-state index contributed by atoms with van der Waals surface area (Å²) in [6.07, 6.45) is 3.60. The van der Waals surface area contributed by atoms with E-state index in [0.29, 0.717) is 40.8 Å². The Labute approximate surface area is 394 Å². The molecule has 0 N–H and O–H groups in total. The fourth-order valence-electron chi connectivity index (χ4n) is 8.32. The minimum absolute atomic E-state index is 0.584. The molecule has 0 fully saturated rings. The molecule has 0 aliphatic carbocycles. The van der Waals surface area contributed by atoms with Gasteiger partial charge in [0.05, 0.1) is 5.69 Å². The lowest BCUT2D eigenvalue weighted by molar-refractivity contribution is 1.02. The molecule has 0 amide bonds. The van der Waals surface area contributed by atoms with Gasteiger partial charge in [-0.15, -0.1) is 0 Å². The summed E-state index contributed by atoms with van der Waals surface area (Å²) in [5.41, 5.74) is 14.5. The zero-order valence-electron chi connectivity index (χ0n) is 37.2. The van der Waals surface area contributed by atoms with Crippen molar-refractivity contribution >= 4 is 0 Å². The lowest BCUT2D eigenvalue weighted by Gasteiger charge is -2.14. The second-order valence-corrected chi connectivity index (χ2v) is 16.4. The summed E-state index contributed by atoms with van der Waals surface area (Å²) in [5, 5.41) is 0. The number of hydrogen-bond donors (Lipinski definition) is 0. The monoisotopic (exact) mass is 875 g/mol. The fourth-order valence-corrected chi connectivity index (χ4v) is 8.32. The van der Waals surface area contributed by atoms with Crippen molar-refractivity contribution < 1.29 is 0 Å². The summed E-state index contributed by atoms with van der Waals surface area (Å²) in [7, 11) is 0. The lowest BCUT2D eigenvalue weighted by Crippen LogP contribution is -2.00. The van der Waals surface area contributed by atoms with Crippen LogP contribution in [-0.2, 0) is 0 Å². The third-order valence-electron chi connectivity index (χ3n) is 11.7. The Balaban J connectivity index is 0.952. The highest BCUT2D eigenvalue weighted by molar-refractivity contribution is 5.87. The molecule has 7 aromatic carbocycles. The number of aromatic nitrogens is 9. The first-order valence-corrected chi connectivity index (χ1v) is 22.3. The van der Waals surface area contributed by atoms with Gasteiger partial charge in [-0.05, 0) is 77.6 Å². The predicted octanol–water partition coefficient (Wildman–Crippen LogP) is 13.5. The van der Waals surface area contributed by atoms with Crippen molar-refractivity contribution in [3.63, 3.8) is 0 Å². The Bertz CT molecular complexity index is 3470. The number of hydrogen-bond acceptors (Lipinski definition) is 9. The molecule has 11 rings (SSSR count). The van der Waals surface area contributed by atoms with Gasteiger partial charge in [-0.2, -0.15) is 0 Å². The van der Waals surface area contributed by atoms with Crippen LogP contribution < -0.4 is 0 Å². The van der Waals surface area contributed by atoms with Crippen LogP contribution in [0.15, 0.2) is 213 Å². The Kier molecular flexibility index (Phi) is 11.2. The van der Waals surface area contributed by atoms with Gasteiger partial charge in [0.1, 0.15) is 5.82 Å². The van der Waals surface area contributed by atoms with Crippen LogP contribution in [0.1, 0.15) is 11.5 Å². The quantitative estimate of drug-likeness (QED) is 0.132. The maximum absolute atomic E-state index is 5.07. The molecule has 0 saturated carbocycles. The van der Waals surface area contributed by atoms with Gasteiger partial charge in [0.15, 0.2) is 34.9 Å². The standard InChI is InChI=1S/C59H41N9/c1-38-35-53(62-39(2)61-38)52-37-49(40-21-25-46(26-22-40)57-64-54(43-13-6-3-7-14-43)63-55(65-57)44-15-8-4-9-16-44)29-30-51(52)42-23-27-47(28-24-42)58-66-56(45-17-10-5-11-18-45)67-59(68-58)50-20-12-19-48(36-50)41-31-33-60-34-32-41/h3-37H,1-2H3. The molecule has 9 heteroatoms. The van der Waals surface area contributed by atoms with Crippen molar-refractivity contribution in [1.82, 2.24) is 44.9 Å². The molecule has 0 atom stereocenters. The van der Waals surface area contributed by atoms with E-state index in [-0.39, 0.29) is 0 Å². The highest BCUT2D eigenvalue weighted by atomic mass is 15.0. The van der Waals surface area contributed by atoms with Gasteiger partial charge in [-0.1, -0.05) is 170 Å². The molecule has 0 saturated heterocycles. The molecule has 0 unspecified atom stereocenters. The summed E-state index contributed by atoms with van der Waals surface area (Å²) in [4.78, 5) is 43.6. The van der Waals surface area contributed by atoms with Crippen LogP contribution in [0.3, 0.4) is 0 Å². The summed E-state index contributed by atoms with van der Waals surface area (Å²) < 4.78 is 0. The average Bonchev–Trinajstić information content (AvgIpc) is 3.41. The third-order valence-corrected chi connectivity index (χ3v) is 11.7. The molecule has 11 aromatic rings. The largest absolute Gasteiger partial charge is 0.265 e. The minimum Gasteiger partial charge on any atom is -0.265 e. The fraction of sp³-hybridized carbons (Fsp3) is 0.0339. The predicted molar refractivity (Wildman–Crippen MR) is 270 cm³/mol. The summed E-state index contributed by atoms with van der Waals surface area (Å²) in [5.74, 6) is 4.35. The van der Waals surface area contributed by atoms with E-state index in [1.54, 1.807) is 12.4 Å². The Morgan fingerprint density at radius 1 is 0.250 bits per heavy atom. The number of nitrogens with zero attached hydrogens (tertiary/aromatic N) is 9. The number of pyridine rings is 1. The smallest absolute Gasteiger partial charge is 0.164 e. The Morgan fingerprint density at radius 2 is 0.632 bits per heavy atom. The van der Waals surface area contributed by atoms with E-state index in [1.807, 2.05) is 135 Å². The molecule has 0 radical (unpaired) electrons. The van der Waals surface area contributed by atoms with E-state index < -0.39 is 0 Å². The zero-order valence-corrected chi connectivity index (χ0v) is 37.2. The van der Waals surface area contributed by atoms with Gasteiger partial charge in [0.25, 0.3) is 0 Å². The Hall–Kier alpha value is -9.21.